The van der Waals surface area contributed by atoms with Gasteiger partial charge in [-0.1, -0.05) is 55.0 Å². The van der Waals surface area contributed by atoms with Crippen LogP contribution >= 0.6 is 15.9 Å². The zero-order chi connectivity index (χ0) is 10.6. The fourth-order valence-electron chi connectivity index (χ4n) is 1.31. The van der Waals surface area contributed by atoms with Gasteiger partial charge in [0.1, 0.15) is 0 Å². The monoisotopic (exact) mass is 262 g/mol. The van der Waals surface area contributed by atoms with E-state index in [2.05, 4.69) is 22.9 Å². The third-order valence-electron chi connectivity index (χ3n) is 2.15. The zero-order valence-corrected chi connectivity index (χ0v) is 11.1. The van der Waals surface area contributed by atoms with Crippen LogP contribution in [0.1, 0.15) is 58.8 Å². The van der Waals surface area contributed by atoms with Crippen molar-refractivity contribution >= 4 is 15.9 Å². The minimum atomic E-state index is 0.756. The number of unbranched alkanes of at least 4 members (excludes halogenated alkanes) is 5. The van der Waals surface area contributed by atoms with Gasteiger partial charge in [0, 0.05) is 4.48 Å². The molecule has 0 aliphatic rings. The predicted molar refractivity (Wildman–Crippen MR) is 66.6 cm³/mol. The molecule has 0 bridgehead atoms. The van der Waals surface area contributed by atoms with E-state index in [1.165, 1.54) is 43.0 Å². The molecule has 0 fully saturated rings. The van der Waals surface area contributed by atoms with Gasteiger partial charge in [0.25, 0.3) is 0 Å². The van der Waals surface area contributed by atoms with E-state index in [0.717, 1.165) is 13.0 Å². The number of halogens is 1. The Hall–Kier alpha value is 0.0200. The Balaban J connectivity index is 3.18. The van der Waals surface area contributed by atoms with Gasteiger partial charge in [-0.25, -0.2) is 0 Å². The van der Waals surface area contributed by atoms with Crippen molar-refractivity contribution in [2.24, 2.45) is 0 Å². The first kappa shape index (κ1) is 14.0. The average Bonchev–Trinajstić information content (AvgIpc) is 2.20. The molecule has 14 heavy (non-hydrogen) atoms. The smallest absolute Gasteiger partial charge is 0.0929 e. The van der Waals surface area contributed by atoms with Crippen molar-refractivity contribution < 1.29 is 4.74 Å². The van der Waals surface area contributed by atoms with Crippen LogP contribution in [0.4, 0.5) is 0 Å². The van der Waals surface area contributed by atoms with Gasteiger partial charge in [0.2, 0.25) is 0 Å². The van der Waals surface area contributed by atoms with E-state index in [-0.39, 0.29) is 0 Å². The van der Waals surface area contributed by atoms with Crippen molar-refractivity contribution in [3.8, 4) is 0 Å². The van der Waals surface area contributed by atoms with E-state index in [9.17, 15) is 0 Å². The van der Waals surface area contributed by atoms with Crippen molar-refractivity contribution in [2.45, 2.75) is 58.8 Å². The summed E-state index contributed by atoms with van der Waals surface area (Å²) in [5.74, 6) is 0. The van der Waals surface area contributed by atoms with Crippen LogP contribution in [0.2, 0.25) is 0 Å². The van der Waals surface area contributed by atoms with Crippen LogP contribution in [0.15, 0.2) is 10.7 Å². The van der Waals surface area contributed by atoms with Gasteiger partial charge in [-0.3, -0.25) is 0 Å². The number of allylic oxidation sites excluding steroid dienone is 1. The fraction of sp³-hybridized carbons (Fsp3) is 0.833. The first-order chi connectivity index (χ1) is 6.81. The second-order valence-electron chi connectivity index (χ2n) is 3.54. The number of hydrogen-bond donors (Lipinski definition) is 0. The highest BCUT2D eigenvalue weighted by Gasteiger charge is 1.93. The van der Waals surface area contributed by atoms with Crippen molar-refractivity contribution in [1.82, 2.24) is 0 Å². The Bertz CT molecular complexity index is 143. The minimum absolute atomic E-state index is 0.756. The number of rotatable bonds is 9. The first-order valence-corrected chi connectivity index (χ1v) is 6.56. The zero-order valence-electron chi connectivity index (χ0n) is 9.52. The van der Waals surface area contributed by atoms with E-state index < -0.39 is 0 Å². The Morgan fingerprint density at radius 1 is 1.07 bits per heavy atom. The quantitative estimate of drug-likeness (QED) is 0.419. The largest absolute Gasteiger partial charge is 0.501 e. The van der Waals surface area contributed by atoms with E-state index in [1.54, 1.807) is 0 Å². The molecule has 0 amide bonds. The number of hydrogen-bond acceptors (Lipinski definition) is 1. The fourth-order valence-corrected chi connectivity index (χ4v) is 1.72. The van der Waals surface area contributed by atoms with Crippen LogP contribution in [-0.4, -0.2) is 6.61 Å². The van der Waals surface area contributed by atoms with E-state index in [0.29, 0.717) is 0 Å². The van der Waals surface area contributed by atoms with Crippen LogP contribution in [0.3, 0.4) is 0 Å². The molecule has 0 saturated heterocycles. The van der Waals surface area contributed by atoms with Crippen molar-refractivity contribution in [3.05, 3.63) is 10.7 Å². The molecule has 1 nitrogen and oxygen atoms in total. The molecule has 0 atom stereocenters. The van der Waals surface area contributed by atoms with Gasteiger partial charge in [0.15, 0.2) is 0 Å². The maximum absolute atomic E-state index is 5.18. The van der Waals surface area contributed by atoms with Gasteiger partial charge >= 0.3 is 0 Å². The summed E-state index contributed by atoms with van der Waals surface area (Å²) < 4.78 is 6.37. The lowest BCUT2D eigenvalue weighted by Gasteiger charge is -2.01. The maximum atomic E-state index is 5.18. The Kier molecular flexibility index (Phi) is 11.1. The lowest BCUT2D eigenvalue weighted by Crippen LogP contribution is -1.82. The molecule has 0 rings (SSSR count). The molecular formula is C12H23BrO. The van der Waals surface area contributed by atoms with Gasteiger partial charge in [-0.15, -0.1) is 0 Å². The lowest BCUT2D eigenvalue weighted by atomic mass is 10.1. The van der Waals surface area contributed by atoms with Gasteiger partial charge in [0.05, 0.1) is 12.9 Å². The van der Waals surface area contributed by atoms with Crippen molar-refractivity contribution in [1.29, 1.82) is 0 Å². The first-order valence-electron chi connectivity index (χ1n) is 5.77. The molecule has 0 aromatic heterocycles. The van der Waals surface area contributed by atoms with Crippen molar-refractivity contribution in [2.75, 3.05) is 6.61 Å². The molecule has 0 spiro atoms. The molecule has 0 aromatic rings. The summed E-state index contributed by atoms with van der Waals surface area (Å²) in [6, 6.07) is 0. The third kappa shape index (κ3) is 10.1. The van der Waals surface area contributed by atoms with Crippen LogP contribution in [0.25, 0.3) is 0 Å². The average molecular weight is 263 g/mol. The van der Waals surface area contributed by atoms with Gasteiger partial charge in [-0.05, 0) is 19.8 Å². The molecule has 2 heteroatoms. The molecule has 0 aromatic carbocycles. The number of ether oxygens (including phenoxy) is 1. The predicted octanol–water partition coefficient (Wildman–Crippen LogP) is 5.01. The standard InChI is InChI=1S/C12H23BrO/c1-3-5-6-7-8-9-10-12(13)11-14-4-2/h11H,3-10H2,1-2H3/b12-11-. The summed E-state index contributed by atoms with van der Waals surface area (Å²) in [6.07, 6.45) is 11.0. The van der Waals surface area contributed by atoms with Crippen LogP contribution in [0.5, 0.6) is 0 Å². The molecule has 0 aliphatic heterocycles. The summed E-state index contributed by atoms with van der Waals surface area (Å²) in [4.78, 5) is 0. The molecular weight excluding hydrogens is 240 g/mol. The molecule has 0 N–H and O–H groups in total. The van der Waals surface area contributed by atoms with Crippen LogP contribution < -0.4 is 0 Å². The second-order valence-corrected chi connectivity index (χ2v) is 4.56. The molecule has 84 valence electrons. The maximum Gasteiger partial charge on any atom is 0.0929 e. The van der Waals surface area contributed by atoms with E-state index in [4.69, 9.17) is 4.74 Å². The Morgan fingerprint density at radius 2 is 1.71 bits per heavy atom. The van der Waals surface area contributed by atoms with Gasteiger partial charge < -0.3 is 4.74 Å². The highest BCUT2D eigenvalue weighted by Crippen LogP contribution is 2.16. The highest BCUT2D eigenvalue weighted by molar-refractivity contribution is 9.11. The van der Waals surface area contributed by atoms with E-state index in [1.807, 2.05) is 13.2 Å². The molecule has 0 saturated carbocycles. The third-order valence-corrected chi connectivity index (χ3v) is 2.73. The normalized spacial score (nSPS) is 11.8. The summed E-state index contributed by atoms with van der Waals surface area (Å²) in [7, 11) is 0. The molecule has 0 unspecified atom stereocenters. The second kappa shape index (κ2) is 11.1. The summed E-state index contributed by atoms with van der Waals surface area (Å²) in [5, 5.41) is 0. The SMILES string of the molecule is CCCCCCCC/C(Br)=C/OCC. The van der Waals surface area contributed by atoms with Crippen molar-refractivity contribution in [3.63, 3.8) is 0 Å². The summed E-state index contributed by atoms with van der Waals surface area (Å²) in [5.41, 5.74) is 0. The van der Waals surface area contributed by atoms with Crippen LogP contribution in [0, 0.1) is 0 Å². The Labute approximate surface area is 97.0 Å². The summed E-state index contributed by atoms with van der Waals surface area (Å²) in [6.45, 7) is 5.01. The van der Waals surface area contributed by atoms with E-state index >= 15 is 0 Å². The lowest BCUT2D eigenvalue weighted by molar-refractivity contribution is 0.267. The highest BCUT2D eigenvalue weighted by atomic mass is 79.9. The molecule has 0 aliphatic carbocycles. The molecule has 0 radical (unpaired) electrons. The topological polar surface area (TPSA) is 9.23 Å². The Morgan fingerprint density at radius 3 is 2.36 bits per heavy atom. The minimum Gasteiger partial charge on any atom is -0.501 e. The summed E-state index contributed by atoms with van der Waals surface area (Å²) >= 11 is 3.50. The molecule has 0 heterocycles. The van der Waals surface area contributed by atoms with Crippen LogP contribution in [-0.2, 0) is 4.74 Å². The van der Waals surface area contributed by atoms with Gasteiger partial charge in [-0.2, -0.15) is 0 Å².